The van der Waals surface area contributed by atoms with E-state index in [1.165, 1.54) is 51.2 Å². The fourth-order valence-electron chi connectivity index (χ4n) is 16.5. The molecule has 11 bridgehead atoms. The van der Waals surface area contributed by atoms with Gasteiger partial charge in [0.1, 0.15) is 89.5 Å². The number of aliphatic hydroxyl groups excluding tert-OH is 6. The number of rotatable bonds is 20. The van der Waals surface area contributed by atoms with E-state index in [1.54, 1.807) is 18.7 Å². The quantitative estimate of drug-likeness (QED) is 0.0522. The smallest absolute Gasteiger partial charge is 0.330 e. The van der Waals surface area contributed by atoms with Crippen molar-refractivity contribution in [2.24, 2.45) is 17.4 Å². The number of fused-ring (bicyclic) bond motifs is 15. The maximum atomic E-state index is 16.7. The van der Waals surface area contributed by atoms with Crippen molar-refractivity contribution in [2.75, 3.05) is 40.0 Å². The van der Waals surface area contributed by atoms with Crippen LogP contribution < -0.4 is 68.2 Å². The lowest BCUT2D eigenvalue weighted by atomic mass is 9.84. The molecule has 680 valence electrons. The number of phenols is 3. The number of hydrogen-bond acceptors (Lipinski definition) is 30. The second-order valence-corrected chi connectivity index (χ2v) is 35.0. The van der Waals surface area contributed by atoms with Crippen LogP contribution in [0.15, 0.2) is 102 Å². The monoisotopic (exact) mass is 1860 g/mol. The van der Waals surface area contributed by atoms with Crippen LogP contribution in [-0.4, -0.2) is 246 Å². The number of phenolic OH excluding ortho intramolecular Hbond substituents is 3. The number of benzene rings is 6. The fourth-order valence-corrected chi connectivity index (χ4v) is 17.2. The van der Waals surface area contributed by atoms with Crippen molar-refractivity contribution < 1.29 is 132 Å². The molecule has 0 unspecified atom stereocenters. The average Bonchev–Trinajstić information content (AvgIpc) is 0.755. The Balaban J connectivity index is 1.05. The van der Waals surface area contributed by atoms with Crippen LogP contribution in [0, 0.1) is 5.92 Å². The molecule has 41 heteroatoms. The van der Waals surface area contributed by atoms with E-state index in [0.717, 1.165) is 52.5 Å². The summed E-state index contributed by atoms with van der Waals surface area (Å²) in [5.74, 6) is -16.0. The first-order valence-electron chi connectivity index (χ1n) is 40.8. The maximum absolute atomic E-state index is 16.7. The highest BCUT2D eigenvalue weighted by Gasteiger charge is 2.53. The number of aliphatic hydroxyl groups is 6. The molecule has 38 nitrogen and oxygen atoms in total. The van der Waals surface area contributed by atoms with Crippen molar-refractivity contribution >= 4 is 86.5 Å². The number of ether oxygens (including phenoxy) is 9. The van der Waals surface area contributed by atoms with Crippen LogP contribution in [0.3, 0.4) is 0 Å². The van der Waals surface area contributed by atoms with Gasteiger partial charge in [-0.25, -0.2) is 4.79 Å². The highest BCUT2D eigenvalue weighted by molar-refractivity contribution is 9.10. The summed E-state index contributed by atoms with van der Waals surface area (Å²) >= 11 is 18.2. The van der Waals surface area contributed by atoms with E-state index in [2.05, 4.69) is 58.5 Å². The van der Waals surface area contributed by atoms with E-state index in [-0.39, 0.29) is 97.6 Å². The molecule has 6 aromatic rings. The van der Waals surface area contributed by atoms with Crippen molar-refractivity contribution in [1.82, 2.24) is 47.4 Å². The standard InChI is InChI=1S/C85H102BrCl2N11O27/c1-35(2)22-49(91-7)76(110)97-65-67(104)40-11-16-53(47(87)24-40)121-55-26-42-27-56(72(55)126-83-73(70(107)69(106)57(34-100)123-83)125-60-31-85(6,75(109)37(4)120-60)92-32-38-8-13-43(86)14-9-38)122-54-17-12-41(25-48(54)88)71(124-59-30-84(5,90)74(108)36(3)119-59)66-81(115)96-64(82(116)117)45-28-52(102)46(33-99-18-20-118-21-19-99)68(105)61(45)44-23-39(10-15-51(44)101)62(78(112)98-66)95-79(113)63(42)94-77(111)50(29-58(89)103)93-80(65)114/h8-17,23-28,35-37,49-50,57,59-60,62-67,69-71,73-75,83,91-92,100-102,104-109H,18-22,29-34,90H2,1-7H3,(H2,89,103)(H,93,114)(H,94,111)(H,95,113)(H,96,115)(H,97,110)(H,98,112)(H,116,117)/t36-,37-,49+,50-,57+,59-,60-,62+,63+,64-,65+,66-,67+,69+,70-,71+,73+,74+,75+,83-,84-,85-/m0/s1. The number of morpholine rings is 1. The Morgan fingerprint density at radius 3 is 1.92 bits per heavy atom. The number of carboxylic acid groups (broad SMARTS) is 1. The Morgan fingerprint density at radius 2 is 1.30 bits per heavy atom. The minimum Gasteiger partial charge on any atom is -0.507 e. The number of nitrogens with two attached hydrogens (primary N) is 2. The second-order valence-electron chi connectivity index (χ2n) is 33.3. The molecule has 6 aromatic carbocycles. The van der Waals surface area contributed by atoms with Gasteiger partial charge >= 0.3 is 5.97 Å². The third kappa shape index (κ3) is 20.5. The van der Waals surface area contributed by atoms with E-state index in [9.17, 15) is 65.4 Å². The largest absolute Gasteiger partial charge is 0.507 e. The zero-order valence-electron chi connectivity index (χ0n) is 69.3. The first-order valence-corrected chi connectivity index (χ1v) is 42.3. The lowest BCUT2D eigenvalue weighted by Gasteiger charge is -2.48. The third-order valence-corrected chi connectivity index (χ3v) is 24.6. The lowest BCUT2D eigenvalue weighted by Crippen LogP contribution is -2.65. The minimum absolute atomic E-state index is 0.120. The van der Waals surface area contributed by atoms with E-state index in [4.69, 9.17) is 77.3 Å². The number of aromatic hydroxyl groups is 3. The van der Waals surface area contributed by atoms with Crippen molar-refractivity contribution in [3.05, 3.63) is 151 Å². The van der Waals surface area contributed by atoms with E-state index < -0.39 is 261 Å². The number of amides is 7. The summed E-state index contributed by atoms with van der Waals surface area (Å²) in [6.45, 7) is 9.95. The van der Waals surface area contributed by atoms with Crippen LogP contribution in [0.2, 0.25) is 10.0 Å². The number of primary amides is 1. The van der Waals surface area contributed by atoms with Crippen LogP contribution in [0.4, 0.5) is 0 Å². The van der Waals surface area contributed by atoms with Gasteiger partial charge in [0.05, 0.1) is 72.3 Å². The molecule has 22 N–H and O–H groups in total. The van der Waals surface area contributed by atoms with E-state index >= 15 is 24.0 Å². The highest BCUT2D eigenvalue weighted by atomic mass is 79.9. The normalized spacial score (nSPS) is 30.5. The van der Waals surface area contributed by atoms with Gasteiger partial charge in [0.15, 0.2) is 36.2 Å². The van der Waals surface area contributed by atoms with Crippen LogP contribution >= 0.6 is 39.1 Å². The molecule has 0 aromatic heterocycles. The van der Waals surface area contributed by atoms with Gasteiger partial charge in [-0.15, -0.1) is 0 Å². The molecule has 9 heterocycles. The molecule has 15 rings (SSSR count). The van der Waals surface area contributed by atoms with Gasteiger partial charge in [0.2, 0.25) is 53.4 Å². The number of aliphatic carboxylic acids is 1. The average molecular weight is 1860 g/mol. The Hall–Kier alpha value is -9.70. The van der Waals surface area contributed by atoms with E-state index in [1.807, 2.05) is 38.1 Å². The molecule has 9 aliphatic rings. The molecular weight excluding hydrogens is 1760 g/mol. The molecule has 22 atom stereocenters. The van der Waals surface area contributed by atoms with Crippen LogP contribution in [-0.2, 0) is 79.9 Å². The highest BCUT2D eigenvalue weighted by Crippen LogP contribution is 2.52. The summed E-state index contributed by atoms with van der Waals surface area (Å²) in [5, 5.41) is 140. The molecule has 0 spiro atoms. The molecule has 0 aliphatic carbocycles. The van der Waals surface area contributed by atoms with Gasteiger partial charge in [0, 0.05) is 71.3 Å². The summed E-state index contributed by atoms with van der Waals surface area (Å²) in [7, 11) is 1.48. The van der Waals surface area contributed by atoms with Gasteiger partial charge in [-0.2, -0.15) is 0 Å². The van der Waals surface area contributed by atoms with Crippen LogP contribution in [0.25, 0.3) is 11.1 Å². The number of nitrogens with zero attached hydrogens (tertiary/aromatic N) is 1. The van der Waals surface area contributed by atoms with Crippen LogP contribution in [0.1, 0.15) is 137 Å². The Morgan fingerprint density at radius 1 is 0.690 bits per heavy atom. The molecule has 0 saturated carbocycles. The zero-order chi connectivity index (χ0) is 91.0. The van der Waals surface area contributed by atoms with Crippen molar-refractivity contribution in [2.45, 2.75) is 214 Å². The molecule has 9 aliphatic heterocycles. The van der Waals surface area contributed by atoms with E-state index in [0.29, 0.717) is 0 Å². The second kappa shape index (κ2) is 39.1. The minimum atomic E-state index is -2.40. The van der Waals surface area contributed by atoms with Crippen molar-refractivity contribution in [3.63, 3.8) is 0 Å². The molecule has 0 radical (unpaired) electrons. The summed E-state index contributed by atoms with van der Waals surface area (Å²) in [4.78, 5) is 124. The summed E-state index contributed by atoms with van der Waals surface area (Å²) in [6, 6.07) is 6.35. The van der Waals surface area contributed by atoms with Crippen LogP contribution in [0.5, 0.6) is 46.0 Å². The SMILES string of the molecule is CN[C@H](CC(C)C)C(=O)N[C@H]1C(=O)N[C@@H](CC(N)=O)C(=O)N[C@H]2C(=O)N[C@H]3C(=O)N[C@H](C(=O)N[C@H](C(=O)O)c4cc(O)c(CN5CCOCC5)c(O)c4-c4cc3ccc4O)[C@H](O[C@H]3C[C@](C)(N)[C@H](O)[C@H](C)O3)c3ccc(c(Cl)c3)Oc3cc2cc(c3O[C@@H]2O[C@H](CO)[C@@H](O)[C@H](O)[C@H]2O[C@H]2C[C@](C)(NCc3ccc(Br)cc3)[C@H](O)[C@H](C)O2)Oc2ccc(cc2Cl)[C@H]1O. The predicted octanol–water partition coefficient (Wildman–Crippen LogP) is 2.77. The summed E-state index contributed by atoms with van der Waals surface area (Å²) < 4.78 is 59.4. The number of nitrogens with one attached hydrogen (secondary N) is 8. The lowest BCUT2D eigenvalue weighted by molar-refractivity contribution is -0.334. The molecular formula is C85H102BrCl2N11O27. The Kier molecular flexibility index (Phi) is 29.1. The first-order chi connectivity index (χ1) is 59.7. The fraction of sp³-hybridized carbons (Fsp3) is 0.482. The molecule has 7 amide bonds. The number of hydrogen-bond donors (Lipinski definition) is 20. The van der Waals surface area contributed by atoms with Gasteiger partial charge in [-0.1, -0.05) is 83.3 Å². The number of halogens is 3. The Labute approximate surface area is 740 Å². The summed E-state index contributed by atoms with van der Waals surface area (Å²) in [5.41, 5.74) is 7.74. The van der Waals surface area contributed by atoms with Gasteiger partial charge < -0.3 is 148 Å². The van der Waals surface area contributed by atoms with Crippen molar-refractivity contribution in [3.8, 4) is 57.1 Å². The third-order valence-electron chi connectivity index (χ3n) is 23.5. The number of likely N-dealkylation sites (N-methyl/N-ethyl adjacent to an activating group) is 1. The first kappa shape index (κ1) is 93.9. The van der Waals surface area contributed by atoms with Gasteiger partial charge in [-0.05, 0) is 142 Å². The number of carbonyl (C=O) groups is 8. The number of carboxylic acids is 1. The molecule has 4 fully saturated rings. The molecule has 4 saturated heterocycles. The summed E-state index contributed by atoms with van der Waals surface area (Å²) in [6.07, 6.45) is -22.9. The zero-order valence-corrected chi connectivity index (χ0v) is 72.4. The topological polar surface area (TPSA) is 573 Å². The van der Waals surface area contributed by atoms with Crippen molar-refractivity contribution in [1.29, 1.82) is 0 Å². The maximum Gasteiger partial charge on any atom is 0.330 e. The molecule has 126 heavy (non-hydrogen) atoms. The number of carbonyl (C=O) groups excluding carboxylic acids is 7. The Bertz CT molecular complexity index is 5100. The van der Waals surface area contributed by atoms with Gasteiger partial charge in [0.25, 0.3) is 0 Å². The van der Waals surface area contributed by atoms with Gasteiger partial charge in [-0.3, -0.25) is 38.5 Å². The predicted molar refractivity (Wildman–Crippen MR) is 449 cm³/mol.